The molecule has 0 fully saturated rings. The Hall–Kier alpha value is -2.49. The van der Waals surface area contributed by atoms with Crippen molar-refractivity contribution >= 4 is 11.8 Å². The number of ether oxygens (including phenoxy) is 1. The van der Waals surface area contributed by atoms with E-state index in [1.54, 1.807) is 18.2 Å². The van der Waals surface area contributed by atoms with Gasteiger partial charge in [0.25, 0.3) is 0 Å². The zero-order valence-electron chi connectivity index (χ0n) is 16.3. The van der Waals surface area contributed by atoms with Gasteiger partial charge in [0, 0.05) is 0 Å². The lowest BCUT2D eigenvalue weighted by atomic mass is 10.1. The van der Waals surface area contributed by atoms with Gasteiger partial charge in [0.15, 0.2) is 0 Å². The smallest absolute Gasteiger partial charge is 0.412 e. The molecule has 1 amide bonds. The molecule has 1 aromatic rings. The summed E-state index contributed by atoms with van der Waals surface area (Å²) >= 11 is 0. The van der Waals surface area contributed by atoms with E-state index in [4.69, 9.17) is 4.74 Å². The van der Waals surface area contributed by atoms with Crippen molar-refractivity contribution in [1.82, 2.24) is 0 Å². The van der Waals surface area contributed by atoms with Crippen LogP contribution in [-0.2, 0) is 4.74 Å². The van der Waals surface area contributed by atoms with Crippen LogP contribution in [0.1, 0.15) is 53.4 Å². The Labute approximate surface area is 157 Å². The fourth-order valence-electron chi connectivity index (χ4n) is 2.32. The minimum atomic E-state index is -0.578. The molecule has 4 nitrogen and oxygen atoms in total. The summed E-state index contributed by atoms with van der Waals surface area (Å²) in [5.41, 5.74) is 4.30. The SMILES string of the molecule is CC(C)=CCCC(C)=CCCC(C)=CCOC(=O)Nc1ccccc1O. The lowest BCUT2D eigenvalue weighted by Crippen LogP contribution is -2.13. The number of rotatable bonds is 9. The molecule has 0 aromatic heterocycles. The van der Waals surface area contributed by atoms with E-state index in [-0.39, 0.29) is 12.4 Å². The summed E-state index contributed by atoms with van der Waals surface area (Å²) in [5, 5.41) is 12.1. The first kappa shape index (κ1) is 21.6. The molecule has 4 heteroatoms. The Morgan fingerprint density at radius 1 is 1.00 bits per heavy atom. The average molecular weight is 357 g/mol. The number of phenols is 1. The number of hydrogen-bond acceptors (Lipinski definition) is 3. The third-order valence-electron chi connectivity index (χ3n) is 3.91. The summed E-state index contributed by atoms with van der Waals surface area (Å²) in [7, 11) is 0. The molecule has 0 spiro atoms. The summed E-state index contributed by atoms with van der Waals surface area (Å²) in [4.78, 5) is 11.7. The number of allylic oxidation sites excluding steroid dienone is 5. The molecule has 0 radical (unpaired) electrons. The molecule has 0 aliphatic heterocycles. The molecular formula is C22H31NO3. The van der Waals surface area contributed by atoms with Gasteiger partial charge in [-0.05, 0) is 71.6 Å². The predicted octanol–water partition coefficient (Wildman–Crippen LogP) is 6.36. The van der Waals surface area contributed by atoms with Crippen molar-refractivity contribution in [2.75, 3.05) is 11.9 Å². The van der Waals surface area contributed by atoms with Crippen molar-refractivity contribution in [3.63, 3.8) is 0 Å². The quantitative estimate of drug-likeness (QED) is 0.399. The van der Waals surface area contributed by atoms with E-state index < -0.39 is 6.09 Å². The van der Waals surface area contributed by atoms with Crippen LogP contribution < -0.4 is 5.32 Å². The van der Waals surface area contributed by atoms with Gasteiger partial charge in [0.1, 0.15) is 12.4 Å². The maximum atomic E-state index is 11.7. The van der Waals surface area contributed by atoms with Crippen molar-refractivity contribution in [2.24, 2.45) is 0 Å². The van der Waals surface area contributed by atoms with E-state index in [2.05, 4.69) is 38.2 Å². The van der Waals surface area contributed by atoms with E-state index in [1.807, 2.05) is 13.0 Å². The van der Waals surface area contributed by atoms with Crippen molar-refractivity contribution in [3.8, 4) is 5.75 Å². The van der Waals surface area contributed by atoms with E-state index in [1.165, 1.54) is 22.8 Å². The minimum Gasteiger partial charge on any atom is -0.506 e. The van der Waals surface area contributed by atoms with E-state index in [0.717, 1.165) is 25.7 Å². The first-order valence-corrected chi connectivity index (χ1v) is 9.05. The molecule has 0 saturated heterocycles. The average Bonchev–Trinajstić information content (AvgIpc) is 2.56. The summed E-state index contributed by atoms with van der Waals surface area (Å²) in [6.07, 6.45) is 10.0. The van der Waals surface area contributed by atoms with Crippen LogP contribution in [0.3, 0.4) is 0 Å². The highest BCUT2D eigenvalue weighted by Crippen LogP contribution is 2.21. The summed E-state index contributed by atoms with van der Waals surface area (Å²) in [5.74, 6) is 0.0166. The normalized spacial score (nSPS) is 11.8. The Morgan fingerprint density at radius 3 is 2.27 bits per heavy atom. The number of aromatic hydroxyl groups is 1. The lowest BCUT2D eigenvalue weighted by molar-refractivity contribution is 0.173. The fraction of sp³-hybridized carbons (Fsp3) is 0.409. The van der Waals surface area contributed by atoms with Crippen molar-refractivity contribution in [3.05, 3.63) is 59.2 Å². The van der Waals surface area contributed by atoms with Crippen LogP contribution in [-0.4, -0.2) is 17.8 Å². The molecular weight excluding hydrogens is 326 g/mol. The monoisotopic (exact) mass is 357 g/mol. The first-order chi connectivity index (χ1) is 12.4. The third kappa shape index (κ3) is 9.72. The molecule has 0 bridgehead atoms. The summed E-state index contributed by atoms with van der Waals surface area (Å²) in [6, 6.07) is 6.54. The number of para-hydroxylation sites is 2. The van der Waals surface area contributed by atoms with Crippen molar-refractivity contribution in [1.29, 1.82) is 0 Å². The Morgan fingerprint density at radius 2 is 1.62 bits per heavy atom. The first-order valence-electron chi connectivity index (χ1n) is 9.05. The molecule has 1 aromatic carbocycles. The minimum absolute atomic E-state index is 0.0166. The highest BCUT2D eigenvalue weighted by atomic mass is 16.5. The number of amides is 1. The predicted molar refractivity (Wildman–Crippen MR) is 108 cm³/mol. The van der Waals surface area contributed by atoms with Crippen LogP contribution in [0.25, 0.3) is 0 Å². The van der Waals surface area contributed by atoms with E-state index in [9.17, 15) is 9.90 Å². The standard InChI is InChI=1S/C22H31NO3/c1-17(2)9-7-10-18(3)11-8-12-19(4)15-16-26-22(25)23-20-13-5-6-14-21(20)24/h5-6,9,11,13-15,24H,7-8,10,12,16H2,1-4H3,(H,23,25). The van der Waals surface area contributed by atoms with Crippen LogP contribution in [0.4, 0.5) is 10.5 Å². The van der Waals surface area contributed by atoms with Gasteiger partial charge in [-0.25, -0.2) is 4.79 Å². The highest BCUT2D eigenvalue weighted by molar-refractivity contribution is 5.86. The van der Waals surface area contributed by atoms with Crippen molar-refractivity contribution < 1.29 is 14.6 Å². The number of anilines is 1. The van der Waals surface area contributed by atoms with Gasteiger partial charge in [-0.3, -0.25) is 5.32 Å². The van der Waals surface area contributed by atoms with Crippen LogP contribution in [0, 0.1) is 0 Å². The Balaban J connectivity index is 2.27. The third-order valence-corrected chi connectivity index (χ3v) is 3.91. The number of phenolic OH excluding ortho intramolecular Hbond substituents is 1. The molecule has 142 valence electrons. The van der Waals surface area contributed by atoms with Crippen LogP contribution in [0.15, 0.2) is 59.2 Å². The molecule has 1 rings (SSSR count). The second kappa shape index (κ2) is 12.0. The topological polar surface area (TPSA) is 58.6 Å². The molecule has 26 heavy (non-hydrogen) atoms. The number of carbonyl (C=O) groups is 1. The second-order valence-electron chi connectivity index (χ2n) is 6.70. The van der Waals surface area contributed by atoms with Gasteiger partial charge in [-0.1, -0.05) is 41.0 Å². The zero-order valence-corrected chi connectivity index (χ0v) is 16.3. The lowest BCUT2D eigenvalue weighted by Gasteiger charge is -2.07. The fourth-order valence-corrected chi connectivity index (χ4v) is 2.32. The maximum Gasteiger partial charge on any atom is 0.412 e. The Bertz CT molecular complexity index is 668. The molecule has 0 aliphatic carbocycles. The molecule has 0 atom stereocenters. The largest absolute Gasteiger partial charge is 0.506 e. The van der Waals surface area contributed by atoms with Gasteiger partial charge < -0.3 is 9.84 Å². The van der Waals surface area contributed by atoms with E-state index >= 15 is 0 Å². The molecule has 2 N–H and O–H groups in total. The van der Waals surface area contributed by atoms with E-state index in [0.29, 0.717) is 5.69 Å². The van der Waals surface area contributed by atoms with Gasteiger partial charge >= 0.3 is 6.09 Å². The number of benzene rings is 1. The van der Waals surface area contributed by atoms with Gasteiger partial charge in [0.2, 0.25) is 0 Å². The molecule has 0 unspecified atom stereocenters. The second-order valence-corrected chi connectivity index (χ2v) is 6.70. The molecule has 0 saturated carbocycles. The van der Waals surface area contributed by atoms with Crippen LogP contribution in [0.2, 0.25) is 0 Å². The Kier molecular flexibility index (Phi) is 9.91. The summed E-state index contributed by atoms with van der Waals surface area (Å²) < 4.78 is 5.12. The van der Waals surface area contributed by atoms with Crippen LogP contribution >= 0.6 is 0 Å². The number of nitrogens with one attached hydrogen (secondary N) is 1. The number of hydrogen-bond donors (Lipinski definition) is 2. The van der Waals surface area contributed by atoms with Crippen molar-refractivity contribution in [2.45, 2.75) is 53.4 Å². The number of carbonyl (C=O) groups excluding carboxylic acids is 1. The van der Waals surface area contributed by atoms with Gasteiger partial charge in [-0.2, -0.15) is 0 Å². The van der Waals surface area contributed by atoms with Gasteiger partial charge in [-0.15, -0.1) is 0 Å². The summed E-state index contributed by atoms with van der Waals surface area (Å²) in [6.45, 7) is 8.67. The zero-order chi connectivity index (χ0) is 19.4. The molecule has 0 heterocycles. The molecule has 0 aliphatic rings. The maximum absolute atomic E-state index is 11.7. The van der Waals surface area contributed by atoms with Gasteiger partial charge in [0.05, 0.1) is 5.69 Å². The highest BCUT2D eigenvalue weighted by Gasteiger charge is 2.05. The van der Waals surface area contributed by atoms with Crippen LogP contribution in [0.5, 0.6) is 5.75 Å².